The fourth-order valence-electron chi connectivity index (χ4n) is 1.28. The number of hydrogen-bond donors (Lipinski definition) is 1. The zero-order chi connectivity index (χ0) is 11.8. The van der Waals surface area contributed by atoms with Crippen LogP contribution in [0.3, 0.4) is 0 Å². The van der Waals surface area contributed by atoms with Crippen LogP contribution in [0.5, 0.6) is 0 Å². The highest BCUT2D eigenvalue weighted by Gasteiger charge is 2.12. The van der Waals surface area contributed by atoms with Crippen molar-refractivity contribution in [3.63, 3.8) is 0 Å². The quantitative estimate of drug-likeness (QED) is 0.695. The minimum Gasteiger partial charge on any atom is -0.383 e. The molecule has 0 aromatic carbocycles. The Morgan fingerprint density at radius 2 is 2.31 bits per heavy atom. The first-order chi connectivity index (χ1) is 7.80. The van der Waals surface area contributed by atoms with E-state index in [-0.39, 0.29) is 6.04 Å². The van der Waals surface area contributed by atoms with Crippen LogP contribution >= 0.6 is 0 Å². The number of nitrogens with zero attached hydrogens (tertiary/aromatic N) is 2. The number of nitrogens with one attached hydrogen (secondary N) is 1. The second kappa shape index (κ2) is 7.32. The molecule has 0 bridgehead atoms. The Labute approximate surface area is 95.3 Å². The van der Waals surface area contributed by atoms with Crippen LogP contribution in [-0.4, -0.2) is 43.6 Å². The van der Waals surface area contributed by atoms with Crippen molar-refractivity contribution in [3.8, 4) is 0 Å². The van der Waals surface area contributed by atoms with E-state index in [1.165, 1.54) is 0 Å². The second-order valence-electron chi connectivity index (χ2n) is 3.39. The number of likely N-dealkylation sites (N-methyl/N-ethyl adjacent to an activating group) is 1. The second-order valence-corrected chi connectivity index (χ2v) is 3.39. The summed E-state index contributed by atoms with van der Waals surface area (Å²) in [4.78, 5) is 4.22. The Hall–Kier alpha value is -0.980. The molecule has 1 unspecified atom stereocenters. The van der Waals surface area contributed by atoms with E-state index in [0.29, 0.717) is 38.0 Å². The predicted octanol–water partition coefficient (Wildman–Crippen LogP) is 0.383. The lowest BCUT2D eigenvalue weighted by Gasteiger charge is -2.11. The van der Waals surface area contributed by atoms with Crippen LogP contribution in [0.2, 0.25) is 0 Å². The molecule has 0 aliphatic carbocycles. The van der Waals surface area contributed by atoms with E-state index in [2.05, 4.69) is 15.5 Å². The van der Waals surface area contributed by atoms with Gasteiger partial charge in [-0.1, -0.05) is 5.16 Å². The lowest BCUT2D eigenvalue weighted by Crippen LogP contribution is -2.32. The van der Waals surface area contributed by atoms with Crippen molar-refractivity contribution in [2.75, 3.05) is 27.4 Å². The van der Waals surface area contributed by atoms with Gasteiger partial charge in [-0.15, -0.1) is 0 Å². The minimum absolute atomic E-state index is 0.186. The highest BCUT2D eigenvalue weighted by atomic mass is 16.5. The zero-order valence-electron chi connectivity index (χ0n) is 10.0. The summed E-state index contributed by atoms with van der Waals surface area (Å²) in [6.07, 6.45) is 0.656. The third-order valence-corrected chi connectivity index (χ3v) is 2.14. The molecule has 0 aliphatic rings. The van der Waals surface area contributed by atoms with Crippen molar-refractivity contribution in [3.05, 3.63) is 11.7 Å². The van der Waals surface area contributed by atoms with E-state index in [0.717, 1.165) is 0 Å². The first kappa shape index (κ1) is 13.1. The van der Waals surface area contributed by atoms with Gasteiger partial charge in [0.2, 0.25) is 5.89 Å². The molecule has 6 nitrogen and oxygen atoms in total. The lowest BCUT2D eigenvalue weighted by molar-refractivity contribution is 0.126. The van der Waals surface area contributed by atoms with Crippen molar-refractivity contribution < 1.29 is 14.0 Å². The Balaban J connectivity index is 2.43. The van der Waals surface area contributed by atoms with E-state index >= 15 is 0 Å². The molecular formula is C10H19N3O3. The first-order valence-electron chi connectivity index (χ1n) is 5.35. The molecule has 0 radical (unpaired) electrons. The van der Waals surface area contributed by atoms with Crippen LogP contribution in [-0.2, 0) is 22.5 Å². The molecule has 1 aromatic rings. The molecule has 0 fully saturated rings. The molecule has 1 N–H and O–H groups in total. The third kappa shape index (κ3) is 4.26. The predicted molar refractivity (Wildman–Crippen MR) is 58.1 cm³/mol. The summed E-state index contributed by atoms with van der Waals surface area (Å²) in [5.41, 5.74) is 0. The number of rotatable bonds is 8. The molecule has 92 valence electrons. The molecule has 0 amide bonds. The zero-order valence-corrected chi connectivity index (χ0v) is 10.0. The van der Waals surface area contributed by atoms with Crippen molar-refractivity contribution in [1.29, 1.82) is 0 Å². The maximum Gasteiger partial charge on any atom is 0.228 e. The van der Waals surface area contributed by atoms with Gasteiger partial charge in [0.25, 0.3) is 0 Å². The summed E-state index contributed by atoms with van der Waals surface area (Å²) in [5, 5.41) is 6.94. The summed E-state index contributed by atoms with van der Waals surface area (Å²) in [5.74, 6) is 1.19. The van der Waals surface area contributed by atoms with Gasteiger partial charge in [-0.25, -0.2) is 0 Å². The summed E-state index contributed by atoms with van der Waals surface area (Å²) < 4.78 is 15.4. The van der Waals surface area contributed by atoms with E-state index < -0.39 is 0 Å². The monoisotopic (exact) mass is 229 g/mol. The van der Waals surface area contributed by atoms with Gasteiger partial charge in [0.05, 0.1) is 6.61 Å². The standard InChI is InChI=1S/C10H19N3O3/c1-4-15-7-9-12-10(16-13-9)5-8(11-2)6-14-3/h8,11H,4-7H2,1-3H3. The Kier molecular flexibility index (Phi) is 5.99. The Morgan fingerprint density at radius 3 is 2.94 bits per heavy atom. The van der Waals surface area contributed by atoms with Gasteiger partial charge in [-0.2, -0.15) is 4.98 Å². The van der Waals surface area contributed by atoms with Crippen molar-refractivity contribution in [1.82, 2.24) is 15.5 Å². The van der Waals surface area contributed by atoms with Crippen LogP contribution < -0.4 is 5.32 Å². The molecule has 1 rings (SSSR count). The number of aromatic nitrogens is 2. The molecule has 0 spiro atoms. The van der Waals surface area contributed by atoms with Crippen LogP contribution in [0.25, 0.3) is 0 Å². The lowest BCUT2D eigenvalue weighted by atomic mass is 10.2. The van der Waals surface area contributed by atoms with Crippen LogP contribution in [0.15, 0.2) is 4.52 Å². The summed E-state index contributed by atoms with van der Waals surface area (Å²) in [6.45, 7) is 3.58. The maximum absolute atomic E-state index is 5.19. The van der Waals surface area contributed by atoms with Crippen molar-refractivity contribution >= 4 is 0 Å². The van der Waals surface area contributed by atoms with Gasteiger partial charge in [0, 0.05) is 26.2 Å². The largest absolute Gasteiger partial charge is 0.383 e. The molecule has 0 aliphatic heterocycles. The van der Waals surface area contributed by atoms with Gasteiger partial charge in [0.1, 0.15) is 6.61 Å². The van der Waals surface area contributed by atoms with E-state index in [1.54, 1.807) is 7.11 Å². The highest BCUT2D eigenvalue weighted by molar-refractivity contribution is 4.88. The topological polar surface area (TPSA) is 69.4 Å². The van der Waals surface area contributed by atoms with Crippen LogP contribution in [0, 0.1) is 0 Å². The molecule has 0 saturated carbocycles. The van der Waals surface area contributed by atoms with Gasteiger partial charge >= 0.3 is 0 Å². The van der Waals surface area contributed by atoms with Crippen LogP contribution in [0.4, 0.5) is 0 Å². The number of hydrogen-bond acceptors (Lipinski definition) is 6. The highest BCUT2D eigenvalue weighted by Crippen LogP contribution is 2.03. The minimum atomic E-state index is 0.186. The van der Waals surface area contributed by atoms with E-state index in [9.17, 15) is 0 Å². The van der Waals surface area contributed by atoms with E-state index in [4.69, 9.17) is 14.0 Å². The molecule has 0 saturated heterocycles. The summed E-state index contributed by atoms with van der Waals surface area (Å²) >= 11 is 0. The van der Waals surface area contributed by atoms with Crippen LogP contribution in [0.1, 0.15) is 18.6 Å². The van der Waals surface area contributed by atoms with Gasteiger partial charge < -0.3 is 19.3 Å². The van der Waals surface area contributed by atoms with Crippen molar-refractivity contribution in [2.45, 2.75) is 26.0 Å². The van der Waals surface area contributed by atoms with Gasteiger partial charge in [-0.05, 0) is 14.0 Å². The molecule has 1 heterocycles. The SMILES string of the molecule is CCOCc1noc(CC(COC)NC)n1. The van der Waals surface area contributed by atoms with Crippen molar-refractivity contribution in [2.24, 2.45) is 0 Å². The average molecular weight is 229 g/mol. The average Bonchev–Trinajstić information content (AvgIpc) is 2.73. The Morgan fingerprint density at radius 1 is 1.50 bits per heavy atom. The number of methoxy groups -OCH3 is 1. The molecule has 1 aromatic heterocycles. The van der Waals surface area contributed by atoms with Gasteiger partial charge in [-0.3, -0.25) is 0 Å². The maximum atomic E-state index is 5.19. The molecular weight excluding hydrogens is 210 g/mol. The van der Waals surface area contributed by atoms with Gasteiger partial charge in [0.15, 0.2) is 5.82 Å². The smallest absolute Gasteiger partial charge is 0.228 e. The fourth-order valence-corrected chi connectivity index (χ4v) is 1.28. The summed E-state index contributed by atoms with van der Waals surface area (Å²) in [7, 11) is 3.54. The molecule has 16 heavy (non-hydrogen) atoms. The fraction of sp³-hybridized carbons (Fsp3) is 0.800. The number of ether oxygens (including phenoxy) is 2. The summed E-state index contributed by atoms with van der Waals surface area (Å²) in [6, 6.07) is 0.186. The van der Waals surface area contributed by atoms with E-state index in [1.807, 2.05) is 14.0 Å². The first-order valence-corrected chi connectivity index (χ1v) is 5.35. The normalized spacial score (nSPS) is 12.9. The molecule has 6 heteroatoms. The Bertz CT molecular complexity index is 291. The third-order valence-electron chi connectivity index (χ3n) is 2.14. The molecule has 1 atom stereocenters.